The summed E-state index contributed by atoms with van der Waals surface area (Å²) in [7, 11) is 0. The van der Waals surface area contributed by atoms with Gasteiger partial charge in [0.1, 0.15) is 26.3 Å². The van der Waals surface area contributed by atoms with Crippen LogP contribution in [0.3, 0.4) is 0 Å². The smallest absolute Gasteiger partial charge is 0.240 e. The number of nitriles is 4. The van der Waals surface area contributed by atoms with Crippen LogP contribution in [0.5, 0.6) is 23.3 Å². The monoisotopic (exact) mass is 1270 g/mol. The van der Waals surface area contributed by atoms with E-state index in [1.807, 2.05) is 34.6 Å². The van der Waals surface area contributed by atoms with Crippen LogP contribution in [0.1, 0.15) is 50.2 Å². The van der Waals surface area contributed by atoms with Gasteiger partial charge in [-0.1, -0.05) is 0 Å². The Kier molecular flexibility index (Phi) is 20.8. The zero-order valence-corrected chi connectivity index (χ0v) is 42.3. The number of hydrogen-bond donors (Lipinski definition) is 4. The molecule has 0 fully saturated rings. The molecule has 0 spiro atoms. The van der Waals surface area contributed by atoms with Gasteiger partial charge in [-0.3, -0.25) is 0 Å². The molecule has 2 heterocycles. The zero-order chi connectivity index (χ0) is 42.5. The molecular formula is C41H35Br2I3N12O2. The van der Waals surface area contributed by atoms with Crippen molar-refractivity contribution in [1.29, 1.82) is 21.0 Å². The van der Waals surface area contributed by atoms with E-state index in [2.05, 4.69) is 124 Å². The summed E-state index contributed by atoms with van der Waals surface area (Å²) < 4.78 is 13.2. The molecule has 6 aromatic rings. The van der Waals surface area contributed by atoms with E-state index >= 15 is 0 Å². The van der Waals surface area contributed by atoms with Gasteiger partial charge in [0.2, 0.25) is 23.7 Å². The molecule has 7 N–H and O–H groups in total. The van der Waals surface area contributed by atoms with Gasteiger partial charge in [0.15, 0.2) is 0 Å². The Hall–Kier alpha value is -4.89. The highest BCUT2D eigenvalue weighted by Crippen LogP contribution is 2.37. The third-order valence-corrected chi connectivity index (χ3v) is 9.61. The van der Waals surface area contributed by atoms with Gasteiger partial charge in [0.05, 0.1) is 52.2 Å². The number of ether oxygens (including phenoxy) is 2. The lowest BCUT2D eigenvalue weighted by molar-refractivity contribution is 0.451. The van der Waals surface area contributed by atoms with Crippen molar-refractivity contribution in [3.8, 4) is 47.5 Å². The summed E-state index contributed by atoms with van der Waals surface area (Å²) >= 11 is 11.1. The molecule has 0 amide bonds. The number of nitrogens with zero attached hydrogens (tertiary/aromatic N) is 8. The van der Waals surface area contributed by atoms with Crippen molar-refractivity contribution in [1.82, 2.24) is 26.1 Å². The highest BCUT2D eigenvalue weighted by Gasteiger charge is 2.17. The van der Waals surface area contributed by atoms with Crippen LogP contribution in [-0.2, 0) is 0 Å². The van der Waals surface area contributed by atoms with Crippen molar-refractivity contribution >= 4 is 122 Å². The van der Waals surface area contributed by atoms with E-state index in [0.717, 1.165) is 27.9 Å². The zero-order valence-electron chi connectivity index (χ0n) is 32.5. The van der Waals surface area contributed by atoms with Crippen molar-refractivity contribution in [2.24, 2.45) is 0 Å². The Morgan fingerprint density at radius 1 is 0.550 bits per heavy atom. The Balaban J connectivity index is 0.000000385. The van der Waals surface area contributed by atoms with Gasteiger partial charge in [0.25, 0.3) is 0 Å². The summed E-state index contributed by atoms with van der Waals surface area (Å²) in [4.78, 5) is 17.5. The van der Waals surface area contributed by atoms with E-state index in [1.54, 1.807) is 72.8 Å². The van der Waals surface area contributed by atoms with Gasteiger partial charge in [-0.25, -0.2) is 4.98 Å². The van der Waals surface area contributed by atoms with Crippen molar-refractivity contribution in [2.45, 2.75) is 34.6 Å². The summed E-state index contributed by atoms with van der Waals surface area (Å²) in [6, 6.07) is 29.3. The number of halogens is 5. The van der Waals surface area contributed by atoms with E-state index in [1.165, 1.54) is 0 Å². The van der Waals surface area contributed by atoms with Crippen LogP contribution in [-0.4, -0.2) is 19.9 Å². The fourth-order valence-electron chi connectivity index (χ4n) is 5.28. The molecule has 0 radical (unpaired) electrons. The summed E-state index contributed by atoms with van der Waals surface area (Å²) in [5.74, 6) is 2.72. The average molecular weight is 1270 g/mol. The molecule has 2 aromatic heterocycles. The molecule has 4 aromatic carbocycles. The molecule has 60 heavy (non-hydrogen) atoms. The number of rotatable bonds is 8. The van der Waals surface area contributed by atoms with Gasteiger partial charge in [-0.15, -0.1) is 24.0 Å². The topological polar surface area (TPSA) is 250 Å². The van der Waals surface area contributed by atoms with Crippen LogP contribution < -0.4 is 32.0 Å². The maximum atomic E-state index is 9.11. The predicted octanol–water partition coefficient (Wildman–Crippen LogP) is 12.7. The van der Waals surface area contributed by atoms with Crippen molar-refractivity contribution in [3.63, 3.8) is 0 Å². The Bertz CT molecular complexity index is 2410. The van der Waals surface area contributed by atoms with Crippen molar-refractivity contribution in [3.05, 3.63) is 132 Å². The standard InChI is InChI=1S/C21H16BrN5O.C20H15BrN6O.I2.HI.H3N/c1-12-8-16(11-24)9-13(2)19(12)28-20-18(22)14(3)25-21(27-20)26-17-6-4-15(10-23)5-7-17;1-11-7-14(10-23)8-12(2)17(11)28-19-16(21)18(24)26-20(27-19)25-15-5-3-13(9-22)4-6-15;1-2;;/h4-9H,1-3H3,(H,25,26,27);3-8H,1-2H3,(H3,24,25,26,27);;1H;1H3. The molecule has 0 saturated carbocycles. The predicted molar refractivity (Wildman–Crippen MR) is 267 cm³/mol. The highest BCUT2D eigenvalue weighted by molar-refractivity contribution is 15.0. The van der Waals surface area contributed by atoms with Crippen molar-refractivity contribution in [2.75, 3.05) is 16.4 Å². The summed E-state index contributed by atoms with van der Waals surface area (Å²) in [6.45, 7) is 9.35. The van der Waals surface area contributed by atoms with Crippen LogP contribution >= 0.6 is 93.1 Å². The number of benzene rings is 4. The number of nitrogens with two attached hydrogens (primary N) is 1. The van der Waals surface area contributed by atoms with Crippen LogP contribution in [0, 0.1) is 79.9 Å². The SMILES string of the molecule is Cc1cc(C#N)cc(C)c1Oc1nc(Nc2ccc(C#N)cc2)nc(C)c1Br.Cc1cc(C#N)cc(C)c1Oc1nc(Nc2ccc(C#N)cc2)nc(N)c1Br.I.II.N. The molecule has 0 aliphatic carbocycles. The van der Waals surface area contributed by atoms with E-state index < -0.39 is 0 Å². The lowest BCUT2D eigenvalue weighted by Gasteiger charge is -2.15. The summed E-state index contributed by atoms with van der Waals surface area (Å²) in [5, 5.41) is 42.2. The number of nitrogen functional groups attached to an aromatic ring is 1. The molecule has 0 unspecified atom stereocenters. The molecule has 306 valence electrons. The maximum Gasteiger partial charge on any atom is 0.240 e. The van der Waals surface area contributed by atoms with Gasteiger partial charge < -0.3 is 32.0 Å². The molecule has 0 bridgehead atoms. The van der Waals surface area contributed by atoms with E-state index in [9.17, 15) is 0 Å². The van der Waals surface area contributed by atoms with E-state index in [4.69, 9.17) is 36.3 Å². The van der Waals surface area contributed by atoms with E-state index in [-0.39, 0.29) is 47.8 Å². The van der Waals surface area contributed by atoms with Crippen molar-refractivity contribution < 1.29 is 9.47 Å². The Morgan fingerprint density at radius 2 is 0.883 bits per heavy atom. The lowest BCUT2D eigenvalue weighted by atomic mass is 10.1. The molecule has 14 nitrogen and oxygen atoms in total. The number of hydrogen-bond acceptors (Lipinski definition) is 14. The molecular weight excluding hydrogens is 1230 g/mol. The molecule has 0 saturated heterocycles. The van der Waals surface area contributed by atoms with Crippen LogP contribution in [0.15, 0.2) is 81.7 Å². The Labute approximate surface area is 405 Å². The largest absolute Gasteiger partial charge is 0.437 e. The third kappa shape index (κ3) is 13.6. The fourth-order valence-corrected chi connectivity index (χ4v) is 5.80. The quantitative estimate of drug-likeness (QED) is 0.104. The molecule has 0 aliphatic rings. The normalized spacial score (nSPS) is 9.48. The number of aromatic nitrogens is 4. The minimum absolute atomic E-state index is 0. The second kappa shape index (κ2) is 24.4. The minimum Gasteiger partial charge on any atom is -0.437 e. The molecule has 19 heteroatoms. The van der Waals surface area contributed by atoms with Crippen LogP contribution in [0.4, 0.5) is 29.1 Å². The van der Waals surface area contributed by atoms with Gasteiger partial charge in [0, 0.05) is 48.6 Å². The first-order valence-corrected chi connectivity index (χ1v) is 24.6. The molecule has 0 aliphatic heterocycles. The first kappa shape index (κ1) is 51.3. The first-order valence-electron chi connectivity index (χ1n) is 16.8. The minimum atomic E-state index is 0. The summed E-state index contributed by atoms with van der Waals surface area (Å²) in [5.41, 5.74) is 13.8. The summed E-state index contributed by atoms with van der Waals surface area (Å²) in [6.07, 6.45) is 0. The molecule has 0 atom stereocenters. The average Bonchev–Trinajstić information content (AvgIpc) is 3.22. The van der Waals surface area contributed by atoms with Gasteiger partial charge in [-0.2, -0.15) is 36.0 Å². The highest BCUT2D eigenvalue weighted by atomic mass is 128. The fraction of sp³-hybridized carbons (Fsp3) is 0.122. The number of aryl methyl sites for hydroxylation is 5. The number of anilines is 5. The van der Waals surface area contributed by atoms with Crippen LogP contribution in [0.2, 0.25) is 0 Å². The first-order chi connectivity index (χ1) is 27.8. The third-order valence-electron chi connectivity index (χ3n) is 7.95. The second-order valence-electron chi connectivity index (χ2n) is 12.2. The molecule has 6 rings (SSSR count). The van der Waals surface area contributed by atoms with Gasteiger partial charge >= 0.3 is 0 Å². The van der Waals surface area contributed by atoms with E-state index in [0.29, 0.717) is 65.9 Å². The maximum absolute atomic E-state index is 9.11. The van der Waals surface area contributed by atoms with Gasteiger partial charge in [-0.05, 0) is 162 Å². The lowest BCUT2D eigenvalue weighted by Crippen LogP contribution is -2.04. The Morgan fingerprint density at radius 3 is 1.23 bits per heavy atom. The second-order valence-corrected chi connectivity index (χ2v) is 13.8. The number of nitrogens with one attached hydrogen (secondary N) is 2. The van der Waals surface area contributed by atoms with Crippen LogP contribution in [0.25, 0.3) is 0 Å².